The van der Waals surface area contributed by atoms with Crippen molar-refractivity contribution in [2.75, 3.05) is 31.1 Å². The van der Waals surface area contributed by atoms with E-state index in [1.807, 2.05) is 13.0 Å². The highest BCUT2D eigenvalue weighted by molar-refractivity contribution is 9.10. The third-order valence-electron chi connectivity index (χ3n) is 4.95. The zero-order valence-electron chi connectivity index (χ0n) is 15.5. The van der Waals surface area contributed by atoms with Crippen LogP contribution >= 0.6 is 15.9 Å². The lowest BCUT2D eigenvalue weighted by Gasteiger charge is -2.36. The Bertz CT molecular complexity index is 904. The van der Waals surface area contributed by atoms with Gasteiger partial charge >= 0.3 is 0 Å². The summed E-state index contributed by atoms with van der Waals surface area (Å²) in [5.41, 5.74) is 4.54. The first-order valence-electron chi connectivity index (χ1n) is 8.93. The Hall–Kier alpha value is -1.37. The Morgan fingerprint density at radius 1 is 1.00 bits per heavy atom. The number of benzene rings is 2. The van der Waals surface area contributed by atoms with Crippen LogP contribution in [-0.4, -0.2) is 38.9 Å². The molecule has 0 N–H and O–H groups in total. The van der Waals surface area contributed by atoms with Crippen LogP contribution in [0.2, 0.25) is 0 Å². The maximum Gasteiger partial charge on any atom is 0.243 e. The second-order valence-corrected chi connectivity index (χ2v) is 9.61. The van der Waals surface area contributed by atoms with Crippen LogP contribution in [0.25, 0.3) is 0 Å². The lowest BCUT2D eigenvalue weighted by atomic mass is 10.1. The van der Waals surface area contributed by atoms with Gasteiger partial charge in [0.2, 0.25) is 10.0 Å². The van der Waals surface area contributed by atoms with Crippen LogP contribution in [-0.2, 0) is 16.4 Å². The molecule has 2 aromatic rings. The second kappa shape index (κ2) is 7.71. The highest BCUT2D eigenvalue weighted by Crippen LogP contribution is 2.27. The van der Waals surface area contributed by atoms with Crippen LogP contribution in [0.5, 0.6) is 0 Å². The van der Waals surface area contributed by atoms with E-state index >= 15 is 0 Å². The number of hydrogen-bond acceptors (Lipinski definition) is 3. The summed E-state index contributed by atoms with van der Waals surface area (Å²) in [6, 6.07) is 11.8. The average Bonchev–Trinajstić information content (AvgIpc) is 2.61. The monoisotopic (exact) mass is 436 g/mol. The van der Waals surface area contributed by atoms with Crippen molar-refractivity contribution in [3.8, 4) is 0 Å². The molecule has 6 heteroatoms. The first kappa shape index (κ1) is 19.4. The molecule has 1 aliphatic heterocycles. The summed E-state index contributed by atoms with van der Waals surface area (Å²) >= 11 is 3.43. The molecule has 1 aliphatic rings. The topological polar surface area (TPSA) is 40.6 Å². The SMILES string of the molecule is CCc1cc(Br)ccc1S(=O)(=O)N1CCN(c2ccc(C)cc2C)CC1. The predicted octanol–water partition coefficient (Wildman–Crippen LogP) is 4.14. The number of hydrogen-bond donors (Lipinski definition) is 0. The van der Waals surface area contributed by atoms with Crippen LogP contribution < -0.4 is 4.90 Å². The van der Waals surface area contributed by atoms with E-state index in [-0.39, 0.29) is 0 Å². The van der Waals surface area contributed by atoms with E-state index in [0.717, 1.165) is 10.0 Å². The third-order valence-corrected chi connectivity index (χ3v) is 7.45. The van der Waals surface area contributed by atoms with Gasteiger partial charge in [0.05, 0.1) is 4.90 Å². The van der Waals surface area contributed by atoms with E-state index in [4.69, 9.17) is 0 Å². The fourth-order valence-corrected chi connectivity index (χ4v) is 5.65. The normalized spacial score (nSPS) is 16.1. The van der Waals surface area contributed by atoms with E-state index in [1.54, 1.807) is 16.4 Å². The number of piperazine rings is 1. The Balaban J connectivity index is 1.79. The first-order valence-corrected chi connectivity index (χ1v) is 11.2. The van der Waals surface area contributed by atoms with Crippen molar-refractivity contribution in [1.29, 1.82) is 0 Å². The van der Waals surface area contributed by atoms with Gasteiger partial charge in [0.15, 0.2) is 0 Å². The highest BCUT2D eigenvalue weighted by Gasteiger charge is 2.30. The van der Waals surface area contributed by atoms with Crippen molar-refractivity contribution < 1.29 is 8.42 Å². The smallest absolute Gasteiger partial charge is 0.243 e. The number of sulfonamides is 1. The predicted molar refractivity (Wildman–Crippen MR) is 110 cm³/mol. The molecule has 0 radical (unpaired) electrons. The van der Waals surface area contributed by atoms with Gasteiger partial charge < -0.3 is 4.90 Å². The number of aryl methyl sites for hydroxylation is 3. The van der Waals surface area contributed by atoms with Gasteiger partial charge in [-0.1, -0.05) is 40.5 Å². The Morgan fingerprint density at radius 3 is 2.31 bits per heavy atom. The fraction of sp³-hybridized carbons (Fsp3) is 0.400. The molecular weight excluding hydrogens is 412 g/mol. The van der Waals surface area contributed by atoms with Crippen molar-refractivity contribution in [1.82, 2.24) is 4.31 Å². The minimum atomic E-state index is -3.46. The van der Waals surface area contributed by atoms with Gasteiger partial charge in [-0.05, 0) is 55.7 Å². The van der Waals surface area contributed by atoms with Crippen molar-refractivity contribution in [2.45, 2.75) is 32.1 Å². The molecule has 0 atom stereocenters. The Labute approximate surface area is 165 Å². The molecule has 140 valence electrons. The van der Waals surface area contributed by atoms with E-state index in [9.17, 15) is 8.42 Å². The second-order valence-electron chi connectivity index (χ2n) is 6.79. The van der Waals surface area contributed by atoms with Gasteiger partial charge in [-0.25, -0.2) is 8.42 Å². The summed E-state index contributed by atoms with van der Waals surface area (Å²) in [5.74, 6) is 0. The molecule has 0 saturated carbocycles. The lowest BCUT2D eigenvalue weighted by molar-refractivity contribution is 0.384. The van der Waals surface area contributed by atoms with Crippen molar-refractivity contribution >= 4 is 31.6 Å². The molecule has 1 heterocycles. The van der Waals surface area contributed by atoms with E-state index < -0.39 is 10.0 Å². The lowest BCUT2D eigenvalue weighted by Crippen LogP contribution is -2.49. The molecule has 3 rings (SSSR count). The Morgan fingerprint density at radius 2 is 1.69 bits per heavy atom. The number of rotatable bonds is 4. The first-order chi connectivity index (χ1) is 12.3. The van der Waals surface area contributed by atoms with Crippen LogP contribution in [0, 0.1) is 13.8 Å². The minimum absolute atomic E-state index is 0.433. The van der Waals surface area contributed by atoms with Gasteiger partial charge in [0.1, 0.15) is 0 Å². The molecule has 1 saturated heterocycles. The molecule has 0 aliphatic carbocycles. The average molecular weight is 437 g/mol. The molecule has 4 nitrogen and oxygen atoms in total. The third kappa shape index (κ3) is 3.82. The van der Waals surface area contributed by atoms with E-state index in [0.29, 0.717) is 37.5 Å². The molecular formula is C20H25BrN2O2S. The van der Waals surface area contributed by atoms with Gasteiger partial charge in [-0.2, -0.15) is 4.31 Å². The van der Waals surface area contributed by atoms with Crippen molar-refractivity contribution in [3.63, 3.8) is 0 Å². The Kier molecular flexibility index (Phi) is 5.75. The van der Waals surface area contributed by atoms with Gasteiger partial charge in [-0.3, -0.25) is 0 Å². The molecule has 2 aromatic carbocycles. The maximum atomic E-state index is 13.1. The molecule has 1 fully saturated rings. The summed E-state index contributed by atoms with van der Waals surface area (Å²) in [7, 11) is -3.46. The minimum Gasteiger partial charge on any atom is -0.369 e. The number of nitrogens with zero attached hydrogens (tertiary/aromatic N) is 2. The zero-order valence-corrected chi connectivity index (χ0v) is 17.9. The molecule has 0 amide bonds. The summed E-state index contributed by atoms with van der Waals surface area (Å²) in [4.78, 5) is 2.71. The van der Waals surface area contributed by atoms with Crippen LogP contribution in [0.4, 0.5) is 5.69 Å². The van der Waals surface area contributed by atoms with Gasteiger partial charge in [0, 0.05) is 36.3 Å². The van der Waals surface area contributed by atoms with Crippen molar-refractivity contribution in [3.05, 3.63) is 57.6 Å². The summed E-state index contributed by atoms with van der Waals surface area (Å²) in [6.07, 6.45) is 0.691. The molecule has 0 aromatic heterocycles. The van der Waals surface area contributed by atoms with Crippen molar-refractivity contribution in [2.24, 2.45) is 0 Å². The summed E-state index contributed by atoms with van der Waals surface area (Å²) in [5, 5.41) is 0. The quantitative estimate of drug-likeness (QED) is 0.722. The standard InChI is InChI=1S/C20H25BrN2O2S/c1-4-17-14-18(21)6-8-20(17)26(24,25)23-11-9-22(10-12-23)19-7-5-15(2)13-16(19)3/h5-8,13-14H,4,9-12H2,1-3H3. The summed E-state index contributed by atoms with van der Waals surface area (Å²) in [6.45, 7) is 8.62. The highest BCUT2D eigenvalue weighted by atomic mass is 79.9. The molecule has 0 bridgehead atoms. The van der Waals surface area contributed by atoms with Gasteiger partial charge in [-0.15, -0.1) is 0 Å². The van der Waals surface area contributed by atoms with Gasteiger partial charge in [0.25, 0.3) is 0 Å². The number of halogens is 1. The van der Waals surface area contributed by atoms with E-state index in [1.165, 1.54) is 16.8 Å². The molecule has 0 spiro atoms. The van der Waals surface area contributed by atoms with Crippen LogP contribution in [0.15, 0.2) is 45.8 Å². The zero-order chi connectivity index (χ0) is 18.9. The largest absolute Gasteiger partial charge is 0.369 e. The summed E-state index contributed by atoms with van der Waals surface area (Å²) < 4.78 is 28.8. The molecule has 26 heavy (non-hydrogen) atoms. The van der Waals surface area contributed by atoms with Crippen LogP contribution in [0.1, 0.15) is 23.6 Å². The molecule has 0 unspecified atom stereocenters. The maximum absolute atomic E-state index is 13.1. The number of anilines is 1. The fourth-order valence-electron chi connectivity index (χ4n) is 3.54. The van der Waals surface area contributed by atoms with E-state index in [2.05, 4.69) is 52.9 Å². The van der Waals surface area contributed by atoms with Crippen LogP contribution in [0.3, 0.4) is 0 Å².